The van der Waals surface area contributed by atoms with Crippen LogP contribution in [0.15, 0.2) is 24.7 Å². The third-order valence-corrected chi connectivity index (χ3v) is 4.04. The monoisotopic (exact) mass is 304 g/mol. The lowest BCUT2D eigenvalue weighted by Gasteiger charge is -2.33. The molecule has 0 saturated carbocycles. The van der Waals surface area contributed by atoms with E-state index in [-0.39, 0.29) is 12.5 Å². The van der Waals surface area contributed by atoms with Crippen molar-refractivity contribution in [1.82, 2.24) is 19.9 Å². The van der Waals surface area contributed by atoms with Crippen molar-refractivity contribution < 1.29 is 19.4 Å². The molecule has 1 aliphatic heterocycles. The molecule has 3 heterocycles. The lowest BCUT2D eigenvalue weighted by atomic mass is 9.80. The summed E-state index contributed by atoms with van der Waals surface area (Å²) in [7, 11) is 0. The Kier molecular flexibility index (Phi) is 3.76. The van der Waals surface area contributed by atoms with Gasteiger partial charge in [0.1, 0.15) is 6.33 Å². The lowest BCUT2D eigenvalue weighted by molar-refractivity contribution is -0.154. The normalized spacial score (nSPS) is 17.3. The average Bonchev–Trinajstić information content (AvgIpc) is 3.01. The van der Waals surface area contributed by atoms with Gasteiger partial charge in [-0.25, -0.2) is 0 Å². The third-order valence-electron chi connectivity index (χ3n) is 4.04. The van der Waals surface area contributed by atoms with Crippen LogP contribution >= 0.6 is 0 Å². The molecule has 1 aliphatic rings. The van der Waals surface area contributed by atoms with Crippen LogP contribution in [0.25, 0.3) is 5.65 Å². The number of rotatable bonds is 4. The van der Waals surface area contributed by atoms with Gasteiger partial charge in [0.2, 0.25) is 0 Å². The van der Waals surface area contributed by atoms with Crippen molar-refractivity contribution in [2.75, 3.05) is 19.8 Å². The van der Waals surface area contributed by atoms with Gasteiger partial charge in [0.05, 0.1) is 11.0 Å². The van der Waals surface area contributed by atoms with E-state index in [4.69, 9.17) is 4.74 Å². The highest BCUT2D eigenvalue weighted by atomic mass is 16.5. The molecule has 0 unspecified atom stereocenters. The number of ether oxygens (including phenoxy) is 1. The number of hydrogen-bond donors (Lipinski definition) is 2. The number of hydrogen-bond acceptors (Lipinski definition) is 5. The second kappa shape index (κ2) is 5.72. The molecule has 1 amide bonds. The Morgan fingerprint density at radius 2 is 2.14 bits per heavy atom. The molecule has 8 nitrogen and oxygen atoms in total. The first-order chi connectivity index (χ1) is 10.6. The number of nitrogens with zero attached hydrogens (tertiary/aromatic N) is 3. The summed E-state index contributed by atoms with van der Waals surface area (Å²) in [6.45, 7) is 0.883. The Bertz CT molecular complexity index is 706. The van der Waals surface area contributed by atoms with E-state index in [0.29, 0.717) is 37.3 Å². The minimum Gasteiger partial charge on any atom is -0.481 e. The molecule has 22 heavy (non-hydrogen) atoms. The number of carboxylic acids is 1. The van der Waals surface area contributed by atoms with Gasteiger partial charge in [0, 0.05) is 26.0 Å². The van der Waals surface area contributed by atoms with Crippen LogP contribution in [0.3, 0.4) is 0 Å². The van der Waals surface area contributed by atoms with Gasteiger partial charge in [-0.1, -0.05) is 0 Å². The number of amides is 1. The second-order valence-corrected chi connectivity index (χ2v) is 5.39. The molecule has 0 aliphatic carbocycles. The number of carbonyl (C=O) groups excluding carboxylic acids is 1. The Balaban J connectivity index is 1.71. The highest BCUT2D eigenvalue weighted by Crippen LogP contribution is 2.30. The number of pyridine rings is 1. The maximum absolute atomic E-state index is 12.2. The summed E-state index contributed by atoms with van der Waals surface area (Å²) >= 11 is 0. The SMILES string of the molecule is O=C(NCC1(C(=O)O)CCOCC1)c1ccc2nncn2c1. The van der Waals surface area contributed by atoms with Crippen molar-refractivity contribution in [2.45, 2.75) is 12.8 Å². The van der Waals surface area contributed by atoms with Crippen LogP contribution < -0.4 is 5.32 Å². The molecular weight excluding hydrogens is 288 g/mol. The molecule has 0 aromatic carbocycles. The third kappa shape index (κ3) is 2.64. The quantitative estimate of drug-likeness (QED) is 0.843. The number of nitrogens with one attached hydrogen (secondary N) is 1. The summed E-state index contributed by atoms with van der Waals surface area (Å²) < 4.78 is 6.85. The van der Waals surface area contributed by atoms with Crippen LogP contribution in [0.1, 0.15) is 23.2 Å². The van der Waals surface area contributed by atoms with E-state index < -0.39 is 11.4 Å². The van der Waals surface area contributed by atoms with E-state index in [1.54, 1.807) is 22.7 Å². The standard InChI is InChI=1S/C14H16N4O4/c19-12(10-1-2-11-17-16-9-18(11)7-10)15-8-14(13(20)21)3-5-22-6-4-14/h1-2,7,9H,3-6,8H2,(H,15,19)(H,20,21). The van der Waals surface area contributed by atoms with Crippen molar-refractivity contribution in [1.29, 1.82) is 0 Å². The zero-order valence-electron chi connectivity index (χ0n) is 11.9. The van der Waals surface area contributed by atoms with E-state index in [0.717, 1.165) is 0 Å². The van der Waals surface area contributed by atoms with Gasteiger partial charge < -0.3 is 15.2 Å². The second-order valence-electron chi connectivity index (χ2n) is 5.39. The molecule has 2 aromatic rings. The number of carboxylic acid groups (broad SMARTS) is 1. The highest BCUT2D eigenvalue weighted by molar-refractivity contribution is 5.94. The first-order valence-corrected chi connectivity index (χ1v) is 6.99. The minimum absolute atomic E-state index is 0.0880. The fraction of sp³-hybridized carbons (Fsp3) is 0.429. The summed E-state index contributed by atoms with van der Waals surface area (Å²) in [5.74, 6) is -1.21. The van der Waals surface area contributed by atoms with Crippen molar-refractivity contribution in [3.8, 4) is 0 Å². The lowest BCUT2D eigenvalue weighted by Crippen LogP contribution is -2.46. The zero-order valence-corrected chi connectivity index (χ0v) is 11.9. The topological polar surface area (TPSA) is 106 Å². The molecule has 0 spiro atoms. The maximum Gasteiger partial charge on any atom is 0.311 e. The summed E-state index contributed by atoms with van der Waals surface area (Å²) in [6, 6.07) is 3.32. The first-order valence-electron chi connectivity index (χ1n) is 6.99. The van der Waals surface area contributed by atoms with E-state index in [9.17, 15) is 14.7 Å². The van der Waals surface area contributed by atoms with Crippen molar-refractivity contribution >= 4 is 17.5 Å². The van der Waals surface area contributed by atoms with Crippen LogP contribution in [0.5, 0.6) is 0 Å². The van der Waals surface area contributed by atoms with E-state index in [1.807, 2.05) is 0 Å². The molecule has 2 aromatic heterocycles. The van der Waals surface area contributed by atoms with Crippen molar-refractivity contribution in [3.05, 3.63) is 30.2 Å². The molecule has 3 rings (SSSR count). The van der Waals surface area contributed by atoms with Crippen LogP contribution in [0, 0.1) is 5.41 Å². The van der Waals surface area contributed by atoms with Gasteiger partial charge in [-0.05, 0) is 25.0 Å². The summed E-state index contributed by atoms with van der Waals surface area (Å²) in [5, 5.41) is 19.8. The Morgan fingerprint density at radius 1 is 1.36 bits per heavy atom. The Hall–Kier alpha value is -2.48. The first kappa shape index (κ1) is 14.5. The zero-order chi connectivity index (χ0) is 15.6. The molecule has 116 valence electrons. The van der Waals surface area contributed by atoms with Crippen LogP contribution in [-0.2, 0) is 9.53 Å². The van der Waals surface area contributed by atoms with Crippen LogP contribution in [0.4, 0.5) is 0 Å². The largest absolute Gasteiger partial charge is 0.481 e. The predicted octanol–water partition coefficient (Wildman–Crippen LogP) is 0.340. The van der Waals surface area contributed by atoms with Gasteiger partial charge >= 0.3 is 5.97 Å². The van der Waals surface area contributed by atoms with Crippen molar-refractivity contribution in [3.63, 3.8) is 0 Å². The number of fused-ring (bicyclic) bond motifs is 1. The maximum atomic E-state index is 12.2. The summed E-state index contributed by atoms with van der Waals surface area (Å²) in [5.41, 5.74) is 0.122. The van der Waals surface area contributed by atoms with Crippen LogP contribution in [0.2, 0.25) is 0 Å². The molecular formula is C14H16N4O4. The summed E-state index contributed by atoms with van der Waals surface area (Å²) in [4.78, 5) is 23.8. The van der Waals surface area contributed by atoms with Gasteiger partial charge in [0.25, 0.3) is 5.91 Å². The number of aliphatic carboxylic acids is 1. The fourth-order valence-corrected chi connectivity index (χ4v) is 2.54. The number of aromatic nitrogens is 3. The Labute approximate surface area is 126 Å². The van der Waals surface area contributed by atoms with Crippen LogP contribution in [-0.4, -0.2) is 51.3 Å². The molecule has 2 N–H and O–H groups in total. The molecule has 8 heteroatoms. The Morgan fingerprint density at radius 3 is 2.86 bits per heavy atom. The van der Waals surface area contributed by atoms with Crippen molar-refractivity contribution in [2.24, 2.45) is 5.41 Å². The molecule has 1 saturated heterocycles. The smallest absolute Gasteiger partial charge is 0.311 e. The fourth-order valence-electron chi connectivity index (χ4n) is 2.54. The van der Waals surface area contributed by atoms with Gasteiger partial charge in [-0.15, -0.1) is 10.2 Å². The highest BCUT2D eigenvalue weighted by Gasteiger charge is 2.40. The van der Waals surface area contributed by atoms with Gasteiger partial charge in [-0.3, -0.25) is 14.0 Å². The average molecular weight is 304 g/mol. The van der Waals surface area contributed by atoms with E-state index in [2.05, 4.69) is 15.5 Å². The van der Waals surface area contributed by atoms with E-state index >= 15 is 0 Å². The predicted molar refractivity (Wildman–Crippen MR) is 75.4 cm³/mol. The molecule has 0 radical (unpaired) electrons. The number of carbonyl (C=O) groups is 2. The van der Waals surface area contributed by atoms with E-state index in [1.165, 1.54) is 6.33 Å². The minimum atomic E-state index is -0.950. The van der Waals surface area contributed by atoms with Gasteiger partial charge in [-0.2, -0.15) is 0 Å². The molecule has 0 atom stereocenters. The van der Waals surface area contributed by atoms with Gasteiger partial charge in [0.15, 0.2) is 5.65 Å². The summed E-state index contributed by atoms with van der Waals surface area (Å²) in [6.07, 6.45) is 3.91. The molecule has 0 bridgehead atoms. The molecule has 1 fully saturated rings.